The van der Waals surface area contributed by atoms with Gasteiger partial charge in [0.15, 0.2) is 5.96 Å². The van der Waals surface area contributed by atoms with E-state index in [0.29, 0.717) is 22.5 Å². The third-order valence-electron chi connectivity index (χ3n) is 3.80. The van der Waals surface area contributed by atoms with Crippen LogP contribution in [0.25, 0.3) is 22.0 Å². The molecule has 0 atom stereocenters. The van der Waals surface area contributed by atoms with Gasteiger partial charge in [0.25, 0.3) is 5.91 Å². The summed E-state index contributed by atoms with van der Waals surface area (Å²) in [6.07, 6.45) is -3.43. The Balaban J connectivity index is 2.21. The predicted molar refractivity (Wildman–Crippen MR) is 92.3 cm³/mol. The summed E-state index contributed by atoms with van der Waals surface area (Å²) < 4.78 is 52.6. The van der Waals surface area contributed by atoms with Crippen molar-refractivity contribution in [3.05, 3.63) is 65.6 Å². The molecule has 0 fully saturated rings. The summed E-state index contributed by atoms with van der Waals surface area (Å²) in [4.78, 5) is 19.6. The maximum Gasteiger partial charge on any atom is 0.419 e. The maximum absolute atomic E-state index is 13.6. The minimum absolute atomic E-state index is 0.127. The van der Waals surface area contributed by atoms with Crippen molar-refractivity contribution in [1.82, 2.24) is 4.98 Å². The molecule has 0 unspecified atom stereocenters. The second-order valence-electron chi connectivity index (χ2n) is 5.62. The highest BCUT2D eigenvalue weighted by Crippen LogP contribution is 2.36. The van der Waals surface area contributed by atoms with Gasteiger partial charge in [0, 0.05) is 17.1 Å². The molecule has 1 aromatic heterocycles. The van der Waals surface area contributed by atoms with E-state index in [4.69, 9.17) is 11.5 Å². The number of amides is 1. The molecule has 138 valence electrons. The van der Waals surface area contributed by atoms with Crippen LogP contribution in [0.15, 0.2) is 53.7 Å². The number of hydrogen-bond donors (Lipinski definition) is 2. The zero-order valence-corrected chi connectivity index (χ0v) is 13.6. The van der Waals surface area contributed by atoms with E-state index in [0.717, 1.165) is 6.07 Å². The van der Waals surface area contributed by atoms with Gasteiger partial charge in [-0.15, -0.1) is 0 Å². The largest absolute Gasteiger partial charge is 0.419 e. The zero-order chi connectivity index (χ0) is 19.8. The summed E-state index contributed by atoms with van der Waals surface area (Å²) in [5.74, 6) is -2.49. The number of nitrogens with two attached hydrogens (primary N) is 2. The van der Waals surface area contributed by atoms with Crippen LogP contribution in [0.4, 0.5) is 17.6 Å². The van der Waals surface area contributed by atoms with Crippen molar-refractivity contribution >= 4 is 22.8 Å². The number of benzene rings is 2. The molecule has 0 saturated heterocycles. The Labute approximate surface area is 150 Å². The lowest BCUT2D eigenvalue weighted by atomic mass is 9.98. The summed E-state index contributed by atoms with van der Waals surface area (Å²) in [5.41, 5.74) is 10.0. The molecule has 3 aromatic rings. The summed E-state index contributed by atoms with van der Waals surface area (Å²) in [6.45, 7) is 0. The van der Waals surface area contributed by atoms with E-state index in [1.54, 1.807) is 0 Å². The van der Waals surface area contributed by atoms with Crippen molar-refractivity contribution in [3.63, 3.8) is 0 Å². The summed E-state index contributed by atoms with van der Waals surface area (Å²) in [5, 5.41) is 0.397. The lowest BCUT2D eigenvalue weighted by molar-refractivity contribution is -0.139. The molecular weight excluding hydrogens is 364 g/mol. The van der Waals surface area contributed by atoms with Gasteiger partial charge in [-0.25, -0.2) is 4.39 Å². The number of carbonyl (C=O) groups is 1. The Bertz CT molecular complexity index is 1070. The normalized spacial score (nSPS) is 11.4. The number of carbonyl (C=O) groups excluding carboxylic acids is 1. The molecule has 0 aliphatic rings. The van der Waals surface area contributed by atoms with Crippen molar-refractivity contribution in [2.45, 2.75) is 6.18 Å². The van der Waals surface area contributed by atoms with Crippen LogP contribution in [0.2, 0.25) is 0 Å². The van der Waals surface area contributed by atoms with Gasteiger partial charge in [-0.2, -0.15) is 18.2 Å². The van der Waals surface area contributed by atoms with Crippen LogP contribution in [-0.4, -0.2) is 16.9 Å². The molecule has 1 amide bonds. The van der Waals surface area contributed by atoms with Crippen LogP contribution < -0.4 is 11.5 Å². The third kappa shape index (κ3) is 3.71. The molecule has 0 aliphatic carbocycles. The van der Waals surface area contributed by atoms with E-state index in [2.05, 4.69) is 9.98 Å². The number of hydrogen-bond acceptors (Lipinski definition) is 2. The SMILES string of the molecule is NC(N)=NC(=O)c1ccc2nccc(-c3ccc(F)c(C(F)(F)F)c3)c2c1. The number of pyridine rings is 1. The number of alkyl halides is 3. The Morgan fingerprint density at radius 2 is 1.78 bits per heavy atom. The van der Waals surface area contributed by atoms with Gasteiger partial charge in [-0.1, -0.05) is 6.07 Å². The number of fused-ring (bicyclic) bond motifs is 1. The topological polar surface area (TPSA) is 94.4 Å². The smallest absolute Gasteiger partial charge is 0.370 e. The second kappa shape index (κ2) is 6.67. The van der Waals surface area contributed by atoms with Gasteiger partial charge in [0.2, 0.25) is 0 Å². The fourth-order valence-electron chi connectivity index (χ4n) is 2.62. The highest BCUT2D eigenvalue weighted by Gasteiger charge is 2.34. The first-order valence-corrected chi connectivity index (χ1v) is 7.56. The first-order chi connectivity index (χ1) is 12.7. The molecule has 0 radical (unpaired) electrons. The van der Waals surface area contributed by atoms with E-state index in [9.17, 15) is 22.4 Å². The Morgan fingerprint density at radius 3 is 2.44 bits per heavy atom. The van der Waals surface area contributed by atoms with Crippen LogP contribution in [-0.2, 0) is 6.18 Å². The van der Waals surface area contributed by atoms with Crippen LogP contribution in [0.1, 0.15) is 15.9 Å². The lowest BCUT2D eigenvalue weighted by Gasteiger charge is -2.12. The molecule has 27 heavy (non-hydrogen) atoms. The number of halogens is 4. The Morgan fingerprint density at radius 1 is 1.04 bits per heavy atom. The molecule has 9 heteroatoms. The number of guanidine groups is 1. The van der Waals surface area contributed by atoms with E-state index < -0.39 is 29.4 Å². The average molecular weight is 376 g/mol. The molecule has 5 nitrogen and oxygen atoms in total. The monoisotopic (exact) mass is 376 g/mol. The van der Waals surface area contributed by atoms with Crippen molar-refractivity contribution in [2.75, 3.05) is 0 Å². The van der Waals surface area contributed by atoms with Crippen molar-refractivity contribution in [1.29, 1.82) is 0 Å². The van der Waals surface area contributed by atoms with Crippen molar-refractivity contribution < 1.29 is 22.4 Å². The van der Waals surface area contributed by atoms with E-state index in [1.807, 2.05) is 0 Å². The minimum Gasteiger partial charge on any atom is -0.370 e. The Hall–Kier alpha value is -3.49. The van der Waals surface area contributed by atoms with Crippen molar-refractivity contribution in [2.24, 2.45) is 16.5 Å². The molecule has 1 heterocycles. The molecule has 0 spiro atoms. The lowest BCUT2D eigenvalue weighted by Crippen LogP contribution is -2.24. The number of aromatic nitrogens is 1. The quantitative estimate of drug-likeness (QED) is 0.407. The Kier molecular flexibility index (Phi) is 4.52. The molecule has 0 aliphatic heterocycles. The van der Waals surface area contributed by atoms with E-state index in [1.165, 1.54) is 36.5 Å². The van der Waals surface area contributed by atoms with E-state index >= 15 is 0 Å². The summed E-state index contributed by atoms with van der Waals surface area (Å²) >= 11 is 0. The molecule has 3 rings (SSSR count). The second-order valence-corrected chi connectivity index (χ2v) is 5.62. The van der Waals surface area contributed by atoms with E-state index in [-0.39, 0.29) is 11.1 Å². The van der Waals surface area contributed by atoms with Gasteiger partial charge in [-0.05, 0) is 47.5 Å². The minimum atomic E-state index is -4.84. The van der Waals surface area contributed by atoms with Gasteiger partial charge >= 0.3 is 6.18 Å². The molecule has 4 N–H and O–H groups in total. The van der Waals surface area contributed by atoms with Crippen LogP contribution in [0.3, 0.4) is 0 Å². The van der Waals surface area contributed by atoms with Crippen LogP contribution >= 0.6 is 0 Å². The molecular formula is C18H12F4N4O. The predicted octanol–water partition coefficient (Wildman–Crippen LogP) is 3.47. The van der Waals surface area contributed by atoms with Crippen molar-refractivity contribution in [3.8, 4) is 11.1 Å². The van der Waals surface area contributed by atoms with Gasteiger partial charge in [0.05, 0.1) is 11.1 Å². The average Bonchev–Trinajstić information content (AvgIpc) is 2.59. The maximum atomic E-state index is 13.6. The summed E-state index contributed by atoms with van der Waals surface area (Å²) in [6, 6.07) is 8.55. The standard InChI is InChI=1S/C18H12F4N4O/c19-14-3-1-9(8-13(14)18(20,21)22)11-5-6-25-15-4-2-10(7-12(11)15)16(27)26-17(23)24/h1-8H,(H4,23,24,26,27). The fourth-order valence-corrected chi connectivity index (χ4v) is 2.62. The fraction of sp³-hybridized carbons (Fsp3) is 0.0556. The highest BCUT2D eigenvalue weighted by molar-refractivity contribution is 6.05. The summed E-state index contributed by atoms with van der Waals surface area (Å²) in [7, 11) is 0. The zero-order valence-electron chi connectivity index (χ0n) is 13.6. The highest BCUT2D eigenvalue weighted by atomic mass is 19.4. The first kappa shape index (κ1) is 18.3. The number of rotatable bonds is 2. The number of nitrogens with zero attached hydrogens (tertiary/aromatic N) is 2. The molecule has 0 saturated carbocycles. The third-order valence-corrected chi connectivity index (χ3v) is 3.80. The first-order valence-electron chi connectivity index (χ1n) is 7.56. The van der Waals surface area contributed by atoms with Gasteiger partial charge < -0.3 is 11.5 Å². The van der Waals surface area contributed by atoms with Gasteiger partial charge in [-0.3, -0.25) is 9.78 Å². The molecule has 2 aromatic carbocycles. The van der Waals surface area contributed by atoms with Gasteiger partial charge in [0.1, 0.15) is 5.82 Å². The number of aliphatic imine (C=N–C) groups is 1. The van der Waals surface area contributed by atoms with Crippen LogP contribution in [0, 0.1) is 5.82 Å². The van der Waals surface area contributed by atoms with Crippen LogP contribution in [0.5, 0.6) is 0 Å². The molecule has 0 bridgehead atoms.